The van der Waals surface area contributed by atoms with Crippen LogP contribution in [0.3, 0.4) is 0 Å². The molecule has 0 aliphatic carbocycles. The van der Waals surface area contributed by atoms with Crippen LogP contribution in [0.4, 0.5) is 15.8 Å². The number of hydrogen-bond acceptors (Lipinski definition) is 4. The zero-order valence-corrected chi connectivity index (χ0v) is 16.4. The van der Waals surface area contributed by atoms with Crippen molar-refractivity contribution in [2.45, 2.75) is 0 Å². The van der Waals surface area contributed by atoms with E-state index in [2.05, 4.69) is 10.2 Å². The van der Waals surface area contributed by atoms with Crippen LogP contribution in [0.15, 0.2) is 78.5 Å². The van der Waals surface area contributed by atoms with Crippen molar-refractivity contribution in [3.8, 4) is 6.07 Å². The lowest BCUT2D eigenvalue weighted by molar-refractivity contribution is -0.127. The minimum Gasteiger partial charge on any atom is -0.368 e. The van der Waals surface area contributed by atoms with Crippen LogP contribution in [0.5, 0.6) is 0 Å². The highest BCUT2D eigenvalue weighted by atomic mass is 19.1. The molecule has 1 saturated heterocycles. The third-order valence-electron chi connectivity index (χ3n) is 5.24. The fourth-order valence-electron chi connectivity index (χ4n) is 3.57. The average Bonchev–Trinajstić information content (AvgIpc) is 2.80. The number of rotatable bonds is 4. The number of hydrogen-bond donors (Lipinski definition) is 1. The fraction of sp³-hybridized carbons (Fsp3) is 0.167. The number of nitriles is 1. The van der Waals surface area contributed by atoms with E-state index in [0.29, 0.717) is 26.2 Å². The maximum atomic E-state index is 13.1. The molecular formula is C24H21FN4O. The molecule has 6 heteroatoms. The summed E-state index contributed by atoms with van der Waals surface area (Å²) in [4.78, 5) is 16.6. The molecule has 30 heavy (non-hydrogen) atoms. The van der Waals surface area contributed by atoms with Gasteiger partial charge in [-0.15, -0.1) is 0 Å². The van der Waals surface area contributed by atoms with Crippen molar-refractivity contribution in [3.63, 3.8) is 0 Å². The van der Waals surface area contributed by atoms with Gasteiger partial charge in [0.05, 0.1) is 0 Å². The fourth-order valence-corrected chi connectivity index (χ4v) is 3.57. The molecule has 4 rings (SSSR count). The van der Waals surface area contributed by atoms with Crippen molar-refractivity contribution in [1.29, 1.82) is 5.26 Å². The summed E-state index contributed by atoms with van der Waals surface area (Å²) in [6.07, 6.45) is 1.47. The molecule has 1 aliphatic rings. The van der Waals surface area contributed by atoms with Gasteiger partial charge in [-0.3, -0.25) is 4.79 Å². The van der Waals surface area contributed by atoms with Gasteiger partial charge in [0.15, 0.2) is 0 Å². The van der Waals surface area contributed by atoms with Gasteiger partial charge >= 0.3 is 0 Å². The summed E-state index contributed by atoms with van der Waals surface area (Å²) in [6.45, 7) is 2.28. The highest BCUT2D eigenvalue weighted by Gasteiger charge is 2.23. The first kappa shape index (κ1) is 19.5. The lowest BCUT2D eigenvalue weighted by Gasteiger charge is -2.36. The molecule has 150 valence electrons. The van der Waals surface area contributed by atoms with Crippen LogP contribution in [0.1, 0.15) is 0 Å². The predicted molar refractivity (Wildman–Crippen MR) is 116 cm³/mol. The second-order valence-corrected chi connectivity index (χ2v) is 7.13. The average molecular weight is 400 g/mol. The topological polar surface area (TPSA) is 59.4 Å². The molecule has 0 bridgehead atoms. The van der Waals surface area contributed by atoms with Gasteiger partial charge in [0.25, 0.3) is 5.91 Å². The van der Waals surface area contributed by atoms with Gasteiger partial charge in [-0.05, 0) is 47.2 Å². The van der Waals surface area contributed by atoms with Gasteiger partial charge in [0.1, 0.15) is 17.5 Å². The molecule has 3 aromatic rings. The second-order valence-electron chi connectivity index (χ2n) is 7.13. The number of anilines is 2. The molecule has 3 aromatic carbocycles. The van der Waals surface area contributed by atoms with Crippen LogP contribution in [-0.4, -0.2) is 37.0 Å². The van der Waals surface area contributed by atoms with Crippen LogP contribution >= 0.6 is 0 Å². The number of fused-ring (bicyclic) bond motifs is 1. The normalized spacial score (nSPS) is 14.5. The summed E-state index contributed by atoms with van der Waals surface area (Å²) in [5, 5.41) is 14.8. The van der Waals surface area contributed by atoms with Gasteiger partial charge in [0.2, 0.25) is 0 Å². The molecule has 1 fully saturated rings. The Bertz CT molecular complexity index is 1130. The van der Waals surface area contributed by atoms with E-state index < -0.39 is 0 Å². The first-order valence-corrected chi connectivity index (χ1v) is 9.79. The van der Waals surface area contributed by atoms with Crippen LogP contribution < -0.4 is 10.2 Å². The molecule has 1 amide bonds. The Kier molecular flexibility index (Phi) is 5.62. The number of nitrogens with one attached hydrogen (secondary N) is 1. The summed E-state index contributed by atoms with van der Waals surface area (Å²) in [5.41, 5.74) is 1.81. The molecule has 0 spiro atoms. The maximum absolute atomic E-state index is 13.1. The van der Waals surface area contributed by atoms with Crippen molar-refractivity contribution in [2.75, 3.05) is 36.4 Å². The molecular weight excluding hydrogens is 379 g/mol. The van der Waals surface area contributed by atoms with Gasteiger partial charge in [0, 0.05) is 43.8 Å². The molecule has 1 aliphatic heterocycles. The third-order valence-corrected chi connectivity index (χ3v) is 5.24. The molecule has 0 saturated carbocycles. The predicted octanol–water partition coefficient (Wildman–Crippen LogP) is 4.15. The molecule has 0 unspecified atom stereocenters. The van der Waals surface area contributed by atoms with E-state index in [4.69, 9.17) is 0 Å². The molecule has 0 radical (unpaired) electrons. The number of halogens is 1. The van der Waals surface area contributed by atoms with Crippen molar-refractivity contribution in [1.82, 2.24) is 4.90 Å². The number of nitrogens with zero attached hydrogens (tertiary/aromatic N) is 3. The second kappa shape index (κ2) is 8.66. The zero-order chi connectivity index (χ0) is 20.9. The summed E-state index contributed by atoms with van der Waals surface area (Å²) in [6, 6.07) is 22.2. The van der Waals surface area contributed by atoms with E-state index in [0.717, 1.165) is 22.1 Å². The number of carbonyl (C=O) groups excluding carboxylic acids is 1. The van der Waals surface area contributed by atoms with Crippen LogP contribution in [0.25, 0.3) is 10.8 Å². The van der Waals surface area contributed by atoms with Crippen LogP contribution in [-0.2, 0) is 4.79 Å². The number of benzene rings is 3. The van der Waals surface area contributed by atoms with Gasteiger partial charge in [-0.1, -0.05) is 30.3 Å². The third kappa shape index (κ3) is 4.26. The van der Waals surface area contributed by atoms with Crippen LogP contribution in [0, 0.1) is 17.1 Å². The molecule has 1 N–H and O–H groups in total. The minimum absolute atomic E-state index is 0.0680. The van der Waals surface area contributed by atoms with Crippen molar-refractivity contribution in [2.24, 2.45) is 0 Å². The van der Waals surface area contributed by atoms with Gasteiger partial charge < -0.3 is 15.1 Å². The highest BCUT2D eigenvalue weighted by molar-refractivity contribution is 5.98. The molecule has 0 aromatic heterocycles. The molecule has 5 nitrogen and oxygen atoms in total. The standard InChI is InChI=1S/C24H21FN4O/c25-21-6-9-23(10-7-21)28-11-13-29(14-12-28)24(30)20(16-26)17-27-22-8-5-18-3-1-2-4-19(18)15-22/h1-10,15,17,27H,11-14H2/b20-17-. The van der Waals surface area contributed by atoms with E-state index >= 15 is 0 Å². The Morgan fingerprint density at radius 1 is 0.967 bits per heavy atom. The Balaban J connectivity index is 1.40. The quantitative estimate of drug-likeness (QED) is 0.528. The first-order valence-electron chi connectivity index (χ1n) is 9.79. The van der Waals surface area contributed by atoms with Gasteiger partial charge in [-0.25, -0.2) is 4.39 Å². The van der Waals surface area contributed by atoms with Crippen molar-refractivity contribution < 1.29 is 9.18 Å². The highest BCUT2D eigenvalue weighted by Crippen LogP contribution is 2.20. The Hall–Kier alpha value is -3.85. The number of carbonyl (C=O) groups is 1. The minimum atomic E-state index is -0.287. The summed E-state index contributed by atoms with van der Waals surface area (Å²) in [5.74, 6) is -0.556. The van der Waals surface area contributed by atoms with Crippen LogP contribution in [0.2, 0.25) is 0 Å². The van der Waals surface area contributed by atoms with E-state index in [-0.39, 0.29) is 17.3 Å². The molecule has 1 heterocycles. The van der Waals surface area contributed by atoms with Gasteiger partial charge in [-0.2, -0.15) is 5.26 Å². The number of amides is 1. The largest absolute Gasteiger partial charge is 0.368 e. The monoisotopic (exact) mass is 400 g/mol. The van der Waals surface area contributed by atoms with Crippen molar-refractivity contribution >= 4 is 28.1 Å². The lowest BCUT2D eigenvalue weighted by Crippen LogP contribution is -2.49. The van der Waals surface area contributed by atoms with E-state index in [9.17, 15) is 14.4 Å². The first-order chi connectivity index (χ1) is 14.6. The SMILES string of the molecule is N#C/C(=C/Nc1ccc2ccccc2c1)C(=O)N1CCN(c2ccc(F)cc2)CC1. The maximum Gasteiger partial charge on any atom is 0.266 e. The van der Waals surface area contributed by atoms with E-state index in [1.165, 1.54) is 18.3 Å². The summed E-state index contributed by atoms with van der Waals surface area (Å²) < 4.78 is 13.1. The Morgan fingerprint density at radius 3 is 2.37 bits per heavy atom. The summed E-state index contributed by atoms with van der Waals surface area (Å²) in [7, 11) is 0. The van der Waals surface area contributed by atoms with Crippen molar-refractivity contribution in [3.05, 3.63) is 84.3 Å². The summed E-state index contributed by atoms with van der Waals surface area (Å²) >= 11 is 0. The smallest absolute Gasteiger partial charge is 0.266 e. The zero-order valence-electron chi connectivity index (χ0n) is 16.4. The lowest BCUT2D eigenvalue weighted by atomic mass is 10.1. The Morgan fingerprint density at radius 2 is 1.67 bits per heavy atom. The van der Waals surface area contributed by atoms with E-state index in [1.54, 1.807) is 17.0 Å². The number of piperazine rings is 1. The van der Waals surface area contributed by atoms with E-state index in [1.807, 2.05) is 48.5 Å². The Labute approximate surface area is 174 Å². The molecule has 0 atom stereocenters.